The molecule has 3 aliphatic heterocycles. The molecule has 3 aliphatic rings. The topological polar surface area (TPSA) is 88.8 Å². The number of hydrogen-bond donors (Lipinski definition) is 0. The highest BCUT2D eigenvalue weighted by atomic mass is 16.5. The molecule has 3 fully saturated rings. The summed E-state index contributed by atoms with van der Waals surface area (Å²) in [7, 11) is 0. The number of piperidine rings is 1. The van der Waals surface area contributed by atoms with Gasteiger partial charge in [0.2, 0.25) is 17.7 Å². The van der Waals surface area contributed by atoms with Gasteiger partial charge in [-0.05, 0) is 38.2 Å². The van der Waals surface area contributed by atoms with Crippen molar-refractivity contribution in [2.24, 2.45) is 5.92 Å². The Kier molecular flexibility index (Phi) is 6.44. The number of likely N-dealkylation sites (tertiary alicyclic amines) is 2. The van der Waals surface area contributed by atoms with Gasteiger partial charge in [-0.25, -0.2) is 0 Å². The van der Waals surface area contributed by atoms with Crippen molar-refractivity contribution in [1.29, 1.82) is 0 Å². The van der Waals surface area contributed by atoms with Crippen molar-refractivity contribution >= 4 is 11.8 Å². The average Bonchev–Trinajstić information content (AvgIpc) is 3.48. The van der Waals surface area contributed by atoms with Crippen molar-refractivity contribution in [3.63, 3.8) is 0 Å². The molecule has 0 saturated carbocycles. The summed E-state index contributed by atoms with van der Waals surface area (Å²) in [6.45, 7) is 5.96. The molecule has 4 heterocycles. The molecule has 33 heavy (non-hydrogen) atoms. The molecule has 0 aliphatic carbocycles. The lowest BCUT2D eigenvalue weighted by Crippen LogP contribution is -2.42. The second-order valence-electron chi connectivity index (χ2n) is 9.64. The van der Waals surface area contributed by atoms with Crippen LogP contribution in [0.4, 0.5) is 0 Å². The Morgan fingerprint density at radius 1 is 1.06 bits per heavy atom. The molecule has 0 N–H and O–H groups in total. The third kappa shape index (κ3) is 4.95. The fourth-order valence-electron chi connectivity index (χ4n) is 5.14. The van der Waals surface area contributed by atoms with Crippen molar-refractivity contribution < 1.29 is 18.8 Å². The maximum atomic E-state index is 13.1. The molecule has 176 valence electrons. The Morgan fingerprint density at radius 3 is 2.52 bits per heavy atom. The van der Waals surface area contributed by atoms with E-state index in [0.717, 1.165) is 50.3 Å². The SMILES string of the molecule is Cc1ccc(CN2CC(C(=O)N3CCC(c4nc(C5CCOCC5)no4)CC3)CC2=O)cc1. The summed E-state index contributed by atoms with van der Waals surface area (Å²) in [5.41, 5.74) is 2.30. The highest BCUT2D eigenvalue weighted by molar-refractivity contribution is 5.89. The molecule has 0 bridgehead atoms. The van der Waals surface area contributed by atoms with Crippen LogP contribution in [0.25, 0.3) is 0 Å². The largest absolute Gasteiger partial charge is 0.381 e. The van der Waals surface area contributed by atoms with E-state index in [4.69, 9.17) is 9.26 Å². The van der Waals surface area contributed by atoms with Gasteiger partial charge in [-0.15, -0.1) is 0 Å². The van der Waals surface area contributed by atoms with Crippen LogP contribution in [0, 0.1) is 12.8 Å². The predicted octanol–water partition coefficient (Wildman–Crippen LogP) is 3.03. The van der Waals surface area contributed by atoms with Crippen LogP contribution in [0.3, 0.4) is 0 Å². The first kappa shape index (κ1) is 22.1. The zero-order valence-corrected chi connectivity index (χ0v) is 19.2. The minimum atomic E-state index is -0.247. The number of carbonyl (C=O) groups excluding carboxylic acids is 2. The standard InChI is InChI=1S/C25H32N4O4/c1-17-2-4-18(5-3-17)15-29-16-21(14-22(29)30)25(31)28-10-6-20(7-11-28)24-26-23(27-33-24)19-8-12-32-13-9-19/h2-5,19-21H,6-16H2,1H3. The number of aryl methyl sites for hydroxylation is 1. The number of nitrogens with zero attached hydrogens (tertiary/aromatic N) is 4. The summed E-state index contributed by atoms with van der Waals surface area (Å²) in [5.74, 6) is 1.92. The summed E-state index contributed by atoms with van der Waals surface area (Å²) in [6.07, 6.45) is 3.81. The van der Waals surface area contributed by atoms with Crippen LogP contribution >= 0.6 is 0 Å². The van der Waals surface area contributed by atoms with Gasteiger partial charge in [-0.3, -0.25) is 9.59 Å². The number of ether oxygens (including phenoxy) is 1. The van der Waals surface area contributed by atoms with Crippen LogP contribution in [0.1, 0.15) is 66.8 Å². The van der Waals surface area contributed by atoms with Gasteiger partial charge < -0.3 is 19.1 Å². The fraction of sp³-hybridized carbons (Fsp3) is 0.600. The zero-order valence-electron chi connectivity index (χ0n) is 19.2. The Labute approximate surface area is 194 Å². The van der Waals surface area contributed by atoms with E-state index in [0.29, 0.717) is 44.4 Å². The molecule has 2 aromatic rings. The molecule has 1 aromatic carbocycles. The molecule has 1 aromatic heterocycles. The van der Waals surface area contributed by atoms with Crippen LogP contribution in [-0.4, -0.2) is 64.6 Å². The van der Waals surface area contributed by atoms with Gasteiger partial charge in [-0.2, -0.15) is 4.98 Å². The second kappa shape index (κ2) is 9.63. The molecule has 1 unspecified atom stereocenters. The van der Waals surface area contributed by atoms with Gasteiger partial charge in [0.1, 0.15) is 0 Å². The first-order valence-corrected chi connectivity index (χ1v) is 12.1. The zero-order chi connectivity index (χ0) is 22.8. The lowest BCUT2D eigenvalue weighted by atomic mass is 9.95. The van der Waals surface area contributed by atoms with Crippen LogP contribution in [0.2, 0.25) is 0 Å². The van der Waals surface area contributed by atoms with E-state index >= 15 is 0 Å². The monoisotopic (exact) mass is 452 g/mol. The molecular formula is C25H32N4O4. The molecule has 3 saturated heterocycles. The van der Waals surface area contributed by atoms with E-state index in [-0.39, 0.29) is 23.7 Å². The second-order valence-corrected chi connectivity index (χ2v) is 9.64. The van der Waals surface area contributed by atoms with Crippen molar-refractivity contribution in [2.45, 2.75) is 57.4 Å². The van der Waals surface area contributed by atoms with Gasteiger partial charge in [0.05, 0.1) is 5.92 Å². The quantitative estimate of drug-likeness (QED) is 0.693. The van der Waals surface area contributed by atoms with E-state index in [1.807, 2.05) is 28.9 Å². The summed E-state index contributed by atoms with van der Waals surface area (Å²) < 4.78 is 11.0. The molecule has 1 atom stereocenters. The highest BCUT2D eigenvalue weighted by Gasteiger charge is 2.38. The number of rotatable bonds is 5. The normalized spacial score (nSPS) is 22.8. The van der Waals surface area contributed by atoms with Crippen molar-refractivity contribution in [1.82, 2.24) is 19.9 Å². The summed E-state index contributed by atoms with van der Waals surface area (Å²) in [5, 5.41) is 4.22. The lowest BCUT2D eigenvalue weighted by molar-refractivity contribution is -0.136. The van der Waals surface area contributed by atoms with E-state index in [1.54, 1.807) is 0 Å². The van der Waals surface area contributed by atoms with Crippen molar-refractivity contribution in [3.8, 4) is 0 Å². The number of carbonyl (C=O) groups is 2. The molecule has 0 radical (unpaired) electrons. The number of hydrogen-bond acceptors (Lipinski definition) is 6. The van der Waals surface area contributed by atoms with E-state index in [2.05, 4.69) is 22.3 Å². The Bertz CT molecular complexity index is 975. The first-order valence-electron chi connectivity index (χ1n) is 12.1. The molecule has 2 amide bonds. The highest BCUT2D eigenvalue weighted by Crippen LogP contribution is 2.31. The van der Waals surface area contributed by atoms with Gasteiger partial charge in [0, 0.05) is 57.6 Å². The Hall–Kier alpha value is -2.74. The predicted molar refractivity (Wildman–Crippen MR) is 120 cm³/mol. The Morgan fingerprint density at radius 2 is 1.79 bits per heavy atom. The maximum absolute atomic E-state index is 13.1. The van der Waals surface area contributed by atoms with Crippen molar-refractivity contribution in [3.05, 3.63) is 47.1 Å². The van der Waals surface area contributed by atoms with Crippen molar-refractivity contribution in [2.75, 3.05) is 32.8 Å². The first-order chi connectivity index (χ1) is 16.1. The van der Waals surface area contributed by atoms with Crippen LogP contribution < -0.4 is 0 Å². The minimum absolute atomic E-state index is 0.0651. The number of benzene rings is 1. The summed E-state index contributed by atoms with van der Waals surface area (Å²) in [6, 6.07) is 8.21. The van der Waals surface area contributed by atoms with Crippen LogP contribution in [0.15, 0.2) is 28.8 Å². The van der Waals surface area contributed by atoms with E-state index < -0.39 is 0 Å². The van der Waals surface area contributed by atoms with Crippen LogP contribution in [0.5, 0.6) is 0 Å². The minimum Gasteiger partial charge on any atom is -0.381 e. The third-order valence-electron chi connectivity index (χ3n) is 7.26. The lowest BCUT2D eigenvalue weighted by Gasteiger charge is -2.32. The maximum Gasteiger partial charge on any atom is 0.229 e. The number of aromatic nitrogens is 2. The fourth-order valence-corrected chi connectivity index (χ4v) is 5.14. The van der Waals surface area contributed by atoms with Gasteiger partial charge in [0.15, 0.2) is 5.82 Å². The smallest absolute Gasteiger partial charge is 0.229 e. The molecule has 8 heteroatoms. The van der Waals surface area contributed by atoms with Gasteiger partial charge in [-0.1, -0.05) is 35.0 Å². The number of amides is 2. The average molecular weight is 453 g/mol. The molecular weight excluding hydrogens is 420 g/mol. The van der Waals surface area contributed by atoms with E-state index in [1.165, 1.54) is 5.56 Å². The summed E-state index contributed by atoms with van der Waals surface area (Å²) in [4.78, 5) is 34.1. The summed E-state index contributed by atoms with van der Waals surface area (Å²) >= 11 is 0. The van der Waals surface area contributed by atoms with E-state index in [9.17, 15) is 9.59 Å². The molecule has 0 spiro atoms. The van der Waals surface area contributed by atoms with Crippen LogP contribution in [-0.2, 0) is 20.9 Å². The van der Waals surface area contributed by atoms with Gasteiger partial charge >= 0.3 is 0 Å². The Balaban J connectivity index is 1.13. The third-order valence-corrected chi connectivity index (χ3v) is 7.26. The van der Waals surface area contributed by atoms with Gasteiger partial charge in [0.25, 0.3) is 0 Å². The molecule has 5 rings (SSSR count). The molecule has 8 nitrogen and oxygen atoms in total.